The largest absolute Gasteiger partial charge is 0.504 e. The summed E-state index contributed by atoms with van der Waals surface area (Å²) < 4.78 is 42.9. The molecule has 5 aromatic rings. The number of hydrogen-bond acceptors (Lipinski definition) is 10. The number of carbonyl (C=O) groups excluding carboxylic acids is 3. The molecule has 61 heavy (non-hydrogen) atoms. The van der Waals surface area contributed by atoms with Gasteiger partial charge in [0.15, 0.2) is 17.3 Å². The van der Waals surface area contributed by atoms with Crippen molar-refractivity contribution >= 4 is 46.6 Å². The maximum Gasteiger partial charge on any atom is 0.416 e. The van der Waals surface area contributed by atoms with E-state index in [1.54, 1.807) is 40.3 Å². The van der Waals surface area contributed by atoms with Gasteiger partial charge < -0.3 is 34.6 Å². The lowest BCUT2D eigenvalue weighted by molar-refractivity contribution is -0.137. The first-order valence-corrected chi connectivity index (χ1v) is 20.2. The molecule has 2 fully saturated rings. The molecule has 320 valence electrons. The van der Waals surface area contributed by atoms with Crippen LogP contribution in [0.2, 0.25) is 5.02 Å². The number of aromatic hydroxyl groups is 1. The van der Waals surface area contributed by atoms with E-state index in [2.05, 4.69) is 20.2 Å². The highest BCUT2D eigenvalue weighted by Gasteiger charge is 2.45. The van der Waals surface area contributed by atoms with Gasteiger partial charge in [-0.15, -0.1) is 5.10 Å². The summed E-state index contributed by atoms with van der Waals surface area (Å²) in [6.45, 7) is 4.18. The van der Waals surface area contributed by atoms with Gasteiger partial charge >= 0.3 is 12.2 Å². The lowest BCUT2D eigenvalue weighted by atomic mass is 9.66. The number of fused-ring (bicyclic) bond motifs is 3. The summed E-state index contributed by atoms with van der Waals surface area (Å²) in [5, 5.41) is 17.6. The molecule has 2 N–H and O–H groups in total. The van der Waals surface area contributed by atoms with Crippen molar-refractivity contribution in [1.82, 2.24) is 43.8 Å². The summed E-state index contributed by atoms with van der Waals surface area (Å²) in [6, 6.07) is 10.2. The molecule has 8 rings (SSSR count). The quantitative estimate of drug-likeness (QED) is 0.237. The molecule has 4 amide bonds. The molecule has 1 spiro atoms. The first kappa shape index (κ1) is 41.5. The highest BCUT2D eigenvalue weighted by atomic mass is 35.5. The predicted molar refractivity (Wildman–Crippen MR) is 219 cm³/mol. The number of urea groups is 1. The molecular formula is C41H43ClF3N11O5. The molecular weight excluding hydrogens is 819 g/mol. The highest BCUT2D eigenvalue weighted by molar-refractivity contribution is 6.33. The average molecular weight is 862 g/mol. The van der Waals surface area contributed by atoms with Crippen molar-refractivity contribution in [2.75, 3.05) is 63.6 Å². The van der Waals surface area contributed by atoms with E-state index in [1.807, 2.05) is 24.3 Å². The first-order valence-electron chi connectivity index (χ1n) is 19.9. The van der Waals surface area contributed by atoms with Crippen molar-refractivity contribution in [3.8, 4) is 17.1 Å². The number of piperidine rings is 1. The minimum absolute atomic E-state index is 0.0167. The molecule has 3 aliphatic rings. The fourth-order valence-corrected chi connectivity index (χ4v) is 8.93. The number of anilines is 2. The van der Waals surface area contributed by atoms with Crippen LogP contribution in [0.5, 0.6) is 5.75 Å². The van der Waals surface area contributed by atoms with Crippen LogP contribution in [0.15, 0.2) is 53.6 Å². The van der Waals surface area contributed by atoms with Crippen LogP contribution in [-0.4, -0.2) is 120 Å². The molecule has 0 saturated carbocycles. The zero-order valence-corrected chi connectivity index (χ0v) is 34.4. The molecule has 2 saturated heterocycles. The Hall–Kier alpha value is -6.24. The second kappa shape index (κ2) is 16.0. The molecule has 0 radical (unpaired) electrons. The molecule has 0 atom stereocenters. The number of likely N-dealkylation sites (tertiary alicyclic amines) is 1. The zero-order valence-electron chi connectivity index (χ0n) is 33.7. The average Bonchev–Trinajstić information content (AvgIpc) is 3.70. The van der Waals surface area contributed by atoms with Crippen LogP contribution in [0.4, 0.5) is 29.3 Å². The molecule has 1 aliphatic carbocycles. The normalized spacial score (nSPS) is 16.5. The van der Waals surface area contributed by atoms with E-state index < -0.39 is 34.5 Å². The summed E-state index contributed by atoms with van der Waals surface area (Å²) >= 11 is 6.20. The van der Waals surface area contributed by atoms with Gasteiger partial charge in [0, 0.05) is 81.3 Å². The molecule has 16 nitrogen and oxygen atoms in total. The van der Waals surface area contributed by atoms with Crippen LogP contribution in [0.25, 0.3) is 17.2 Å². The van der Waals surface area contributed by atoms with Gasteiger partial charge in [0.25, 0.3) is 11.5 Å². The van der Waals surface area contributed by atoms with E-state index in [1.165, 1.54) is 10.8 Å². The summed E-state index contributed by atoms with van der Waals surface area (Å²) in [4.78, 5) is 74.4. The smallest absolute Gasteiger partial charge is 0.416 e. The fourth-order valence-electron chi connectivity index (χ4n) is 8.70. The zero-order chi connectivity index (χ0) is 43.4. The number of nitrogens with zero attached hydrogens (tertiary/aromatic N) is 10. The van der Waals surface area contributed by atoms with Crippen molar-refractivity contribution in [2.24, 2.45) is 0 Å². The molecule has 0 unspecified atom stereocenters. The Labute approximate surface area is 352 Å². The second-order valence-corrected chi connectivity index (χ2v) is 16.3. The van der Waals surface area contributed by atoms with Gasteiger partial charge in [0.05, 0.1) is 22.0 Å². The molecule has 2 aliphatic heterocycles. The minimum atomic E-state index is -4.63. The van der Waals surface area contributed by atoms with Crippen LogP contribution >= 0.6 is 11.6 Å². The number of aromatic nitrogens is 6. The van der Waals surface area contributed by atoms with Crippen molar-refractivity contribution in [3.05, 3.63) is 92.4 Å². The number of piperazine rings is 1. The number of carbonyl (C=O) groups is 3. The van der Waals surface area contributed by atoms with E-state index in [0.717, 1.165) is 23.9 Å². The molecule has 0 bridgehead atoms. The van der Waals surface area contributed by atoms with Gasteiger partial charge in [-0.3, -0.25) is 14.4 Å². The van der Waals surface area contributed by atoms with Gasteiger partial charge in [-0.2, -0.15) is 22.7 Å². The van der Waals surface area contributed by atoms with Crippen LogP contribution < -0.4 is 15.8 Å². The maximum atomic E-state index is 14.7. The number of aryl methyl sites for hydroxylation is 1. The van der Waals surface area contributed by atoms with Crippen molar-refractivity contribution in [3.63, 3.8) is 0 Å². The summed E-state index contributed by atoms with van der Waals surface area (Å²) in [7, 11) is 3.45. The van der Waals surface area contributed by atoms with Crippen LogP contribution in [0, 0.1) is 6.92 Å². The molecule has 5 heterocycles. The third kappa shape index (κ3) is 7.81. The monoisotopic (exact) mass is 861 g/mol. The molecule has 3 aromatic heterocycles. The Kier molecular flexibility index (Phi) is 10.9. The predicted octanol–water partition coefficient (Wildman–Crippen LogP) is 4.99. The van der Waals surface area contributed by atoms with E-state index in [9.17, 15) is 37.5 Å². The summed E-state index contributed by atoms with van der Waals surface area (Å²) in [5.41, 5.74) is 0.726. The number of halogens is 4. The van der Waals surface area contributed by atoms with Gasteiger partial charge in [-0.25, -0.2) is 14.8 Å². The van der Waals surface area contributed by atoms with Crippen LogP contribution in [0.1, 0.15) is 58.7 Å². The minimum Gasteiger partial charge on any atom is -0.504 e. The molecule has 20 heteroatoms. The van der Waals surface area contributed by atoms with E-state index in [0.29, 0.717) is 75.1 Å². The lowest BCUT2D eigenvalue weighted by Crippen LogP contribution is -2.51. The number of benzene rings is 2. The summed E-state index contributed by atoms with van der Waals surface area (Å²) in [6.07, 6.45) is -0.866. The second-order valence-electron chi connectivity index (χ2n) is 15.9. The standard InChI is InChI=1S/C41H43ClF3N11O5/c1-24-34(58)33(47-23-46-24)37(60)53-15-13-40(14-16-53)12-4-5-30-32(40)36(59)56-38(55(30)22-31(57)48-29-11-8-26(21-28(29)42)41(43,44)45)49-35(50-56)25-6-9-27(10-7-25)52-17-19-54(20-18-52)39(61)51(2)3/h6-11,21,23,58H,4-5,12-20,22H2,1-3H3,(H,48,57). The maximum absolute atomic E-state index is 14.7. The number of rotatable bonds is 6. The van der Waals surface area contributed by atoms with Gasteiger partial charge in [0.2, 0.25) is 11.7 Å². The van der Waals surface area contributed by atoms with Crippen molar-refractivity contribution in [1.29, 1.82) is 0 Å². The Balaban J connectivity index is 1.13. The van der Waals surface area contributed by atoms with Crippen LogP contribution in [0.3, 0.4) is 0 Å². The Morgan fingerprint density at radius 2 is 1.66 bits per heavy atom. The van der Waals surface area contributed by atoms with E-state index >= 15 is 0 Å². The summed E-state index contributed by atoms with van der Waals surface area (Å²) in [5.74, 6) is -1.01. The van der Waals surface area contributed by atoms with Crippen LogP contribution in [-0.2, 0) is 29.4 Å². The van der Waals surface area contributed by atoms with Gasteiger partial charge in [0.1, 0.15) is 12.9 Å². The lowest BCUT2D eigenvalue weighted by Gasteiger charge is -2.45. The van der Waals surface area contributed by atoms with Gasteiger partial charge in [-0.1, -0.05) is 11.6 Å². The molecule has 2 aromatic carbocycles. The number of hydrogen-bond donors (Lipinski definition) is 2. The van der Waals surface area contributed by atoms with Crippen molar-refractivity contribution < 1.29 is 32.7 Å². The topological polar surface area (TPSA) is 174 Å². The number of alkyl halides is 3. The SMILES string of the molecule is Cc1ncnc(C(=O)N2CCC3(CCCc4c3c(=O)n3nc(-c5ccc(N6CCN(C(=O)N(C)C)CC6)cc5)nc3n4CC(=O)Nc3ccc(C(F)(F)F)cc3Cl)CC2)c1O. The van der Waals surface area contributed by atoms with Crippen molar-refractivity contribution in [2.45, 2.75) is 57.2 Å². The first-order chi connectivity index (χ1) is 29.0. The van der Waals surface area contributed by atoms with E-state index in [4.69, 9.17) is 21.7 Å². The van der Waals surface area contributed by atoms with E-state index in [-0.39, 0.29) is 65.1 Å². The number of amides is 4. The van der Waals surface area contributed by atoms with Gasteiger partial charge in [-0.05, 0) is 81.5 Å². The third-order valence-corrected chi connectivity index (χ3v) is 12.3. The highest BCUT2D eigenvalue weighted by Crippen LogP contribution is 2.44. The Bertz CT molecular complexity index is 2600. The third-order valence-electron chi connectivity index (χ3n) is 12.0. The Morgan fingerprint density at radius 1 is 0.951 bits per heavy atom. The number of nitrogens with one attached hydrogen (secondary N) is 1. The Morgan fingerprint density at radius 3 is 2.31 bits per heavy atom. The fraction of sp³-hybridized carbons (Fsp3) is 0.415.